The van der Waals surface area contributed by atoms with Crippen molar-refractivity contribution < 1.29 is 14.0 Å². The smallest absolute Gasteiger partial charge is 0.322 e. The van der Waals surface area contributed by atoms with Crippen molar-refractivity contribution >= 4 is 34.1 Å². The maximum absolute atomic E-state index is 13.2. The Balaban J connectivity index is 1.76. The van der Waals surface area contributed by atoms with Crippen LogP contribution in [0.3, 0.4) is 0 Å². The number of nitrogens with zero attached hydrogens (tertiary/aromatic N) is 2. The highest BCUT2D eigenvalue weighted by molar-refractivity contribution is 7.13. The van der Waals surface area contributed by atoms with Crippen molar-refractivity contribution in [2.45, 2.75) is 6.04 Å². The molecule has 3 amide bonds. The van der Waals surface area contributed by atoms with E-state index in [1.807, 2.05) is 0 Å². The van der Waals surface area contributed by atoms with Crippen molar-refractivity contribution in [1.82, 2.24) is 15.5 Å². The number of urea groups is 1. The van der Waals surface area contributed by atoms with Gasteiger partial charge in [0.1, 0.15) is 17.4 Å². The second-order valence-corrected chi connectivity index (χ2v) is 4.83. The zero-order valence-corrected chi connectivity index (χ0v) is 10.7. The molecule has 2 aromatic rings. The topological polar surface area (TPSA) is 96.0 Å². The van der Waals surface area contributed by atoms with Crippen LogP contribution >= 0.6 is 11.3 Å². The predicted molar refractivity (Wildman–Crippen MR) is 69.8 cm³/mol. The molecule has 1 aromatic carbocycles. The van der Waals surface area contributed by atoms with Crippen molar-refractivity contribution in [2.75, 3.05) is 10.6 Å². The van der Waals surface area contributed by atoms with Gasteiger partial charge in [0.15, 0.2) is 0 Å². The Labute approximate surface area is 116 Å². The highest BCUT2D eigenvalue weighted by Gasteiger charge is 2.32. The van der Waals surface area contributed by atoms with Crippen LogP contribution in [0.15, 0.2) is 23.7 Å². The molecule has 0 bridgehead atoms. The molecule has 1 aliphatic rings. The lowest BCUT2D eigenvalue weighted by molar-refractivity contribution is -0.117. The monoisotopic (exact) mass is 293 g/mol. The van der Waals surface area contributed by atoms with E-state index in [0.29, 0.717) is 16.4 Å². The van der Waals surface area contributed by atoms with Crippen LogP contribution in [0, 0.1) is 5.82 Å². The molecule has 7 nitrogen and oxygen atoms in total. The Morgan fingerprint density at radius 1 is 1.45 bits per heavy atom. The van der Waals surface area contributed by atoms with Crippen LogP contribution in [0.5, 0.6) is 0 Å². The number of carbonyl (C=O) groups is 2. The Kier molecular flexibility index (Phi) is 3.03. The Bertz CT molecular complexity index is 675. The minimum Gasteiger partial charge on any atom is -0.324 e. The molecule has 102 valence electrons. The number of halogens is 1. The lowest BCUT2D eigenvalue weighted by Crippen LogP contribution is -2.36. The number of hydrogen-bond acceptors (Lipinski definition) is 5. The third-order valence-corrected chi connectivity index (χ3v) is 3.31. The molecule has 9 heteroatoms. The molecule has 1 atom stereocenters. The second-order valence-electron chi connectivity index (χ2n) is 4.00. The largest absolute Gasteiger partial charge is 0.324 e. The van der Waals surface area contributed by atoms with Gasteiger partial charge in [-0.1, -0.05) is 11.3 Å². The Morgan fingerprint density at radius 2 is 2.30 bits per heavy atom. The standard InChI is InChI=1S/C11H8FN5O2S/c12-5-1-2-7-6(3-5)8(9(18)14-7)15-10(19)16-11-17-13-4-20-11/h1-4,8H,(H,14,18)(H2,15,16,17,19). The van der Waals surface area contributed by atoms with Gasteiger partial charge in [-0.25, -0.2) is 9.18 Å². The van der Waals surface area contributed by atoms with Gasteiger partial charge in [-0.3, -0.25) is 10.1 Å². The minimum atomic E-state index is -0.936. The van der Waals surface area contributed by atoms with E-state index in [2.05, 4.69) is 26.1 Å². The minimum absolute atomic E-state index is 0.306. The molecule has 0 saturated heterocycles. The molecule has 20 heavy (non-hydrogen) atoms. The molecule has 2 heterocycles. The van der Waals surface area contributed by atoms with E-state index in [4.69, 9.17) is 0 Å². The van der Waals surface area contributed by atoms with Gasteiger partial charge in [0, 0.05) is 11.3 Å². The SMILES string of the molecule is O=C(Nc1nncs1)NC1C(=O)Nc2ccc(F)cc21. The van der Waals surface area contributed by atoms with E-state index in [9.17, 15) is 14.0 Å². The summed E-state index contributed by atoms with van der Waals surface area (Å²) >= 11 is 1.14. The van der Waals surface area contributed by atoms with E-state index < -0.39 is 23.8 Å². The molecule has 1 unspecified atom stereocenters. The molecular formula is C11H8FN5O2S. The summed E-state index contributed by atoms with van der Waals surface area (Å²) in [6.45, 7) is 0. The first kappa shape index (κ1) is 12.5. The highest BCUT2D eigenvalue weighted by Crippen LogP contribution is 2.31. The van der Waals surface area contributed by atoms with Crippen LogP contribution in [0.1, 0.15) is 11.6 Å². The summed E-state index contributed by atoms with van der Waals surface area (Å²) in [4.78, 5) is 23.5. The Morgan fingerprint density at radius 3 is 3.05 bits per heavy atom. The zero-order valence-electron chi connectivity index (χ0n) is 9.88. The van der Waals surface area contributed by atoms with Gasteiger partial charge in [-0.05, 0) is 18.2 Å². The maximum atomic E-state index is 13.2. The van der Waals surface area contributed by atoms with Crippen LogP contribution in [0.4, 0.5) is 20.0 Å². The molecule has 1 aliphatic heterocycles. The van der Waals surface area contributed by atoms with Gasteiger partial charge >= 0.3 is 6.03 Å². The second kappa shape index (κ2) is 4.85. The van der Waals surface area contributed by atoms with Gasteiger partial charge in [-0.2, -0.15) is 0 Å². The summed E-state index contributed by atoms with van der Waals surface area (Å²) in [6.07, 6.45) is 0. The molecule has 3 rings (SSSR count). The highest BCUT2D eigenvalue weighted by atomic mass is 32.1. The molecular weight excluding hydrogens is 285 g/mol. The van der Waals surface area contributed by atoms with E-state index in [-0.39, 0.29) is 0 Å². The fourth-order valence-electron chi connectivity index (χ4n) is 1.87. The molecule has 0 spiro atoms. The first-order valence-electron chi connectivity index (χ1n) is 5.57. The van der Waals surface area contributed by atoms with Crippen molar-refractivity contribution in [3.8, 4) is 0 Å². The third kappa shape index (κ3) is 2.30. The van der Waals surface area contributed by atoms with Crippen LogP contribution in [0.25, 0.3) is 0 Å². The van der Waals surface area contributed by atoms with Crippen molar-refractivity contribution in [3.63, 3.8) is 0 Å². The van der Waals surface area contributed by atoms with E-state index >= 15 is 0 Å². The first-order chi connectivity index (χ1) is 9.63. The number of benzene rings is 1. The summed E-state index contributed by atoms with van der Waals surface area (Å²) in [5, 5.41) is 15.0. The molecule has 0 fully saturated rings. The third-order valence-electron chi connectivity index (χ3n) is 2.70. The fourth-order valence-corrected chi connectivity index (χ4v) is 2.31. The van der Waals surface area contributed by atoms with Crippen molar-refractivity contribution in [1.29, 1.82) is 0 Å². The summed E-state index contributed by atoms with van der Waals surface area (Å²) in [6, 6.07) is 2.35. The molecule has 1 aromatic heterocycles. The van der Waals surface area contributed by atoms with Crippen molar-refractivity contribution in [2.24, 2.45) is 0 Å². The van der Waals surface area contributed by atoms with Crippen LogP contribution in [-0.4, -0.2) is 22.1 Å². The van der Waals surface area contributed by atoms with Crippen LogP contribution in [-0.2, 0) is 4.79 Å². The number of anilines is 2. The number of nitrogens with one attached hydrogen (secondary N) is 3. The fraction of sp³-hybridized carbons (Fsp3) is 0.0909. The molecule has 0 aliphatic carbocycles. The van der Waals surface area contributed by atoms with E-state index in [1.165, 1.54) is 23.7 Å². The number of fused-ring (bicyclic) bond motifs is 1. The lowest BCUT2D eigenvalue weighted by Gasteiger charge is -2.11. The maximum Gasteiger partial charge on any atom is 0.322 e. The van der Waals surface area contributed by atoms with Gasteiger partial charge < -0.3 is 10.6 Å². The molecule has 0 radical (unpaired) electrons. The number of aromatic nitrogens is 2. The molecule has 0 saturated carbocycles. The molecule has 3 N–H and O–H groups in total. The number of amides is 3. The number of carbonyl (C=O) groups excluding carboxylic acids is 2. The van der Waals surface area contributed by atoms with Gasteiger partial charge in [0.25, 0.3) is 5.91 Å². The normalized spacial score (nSPS) is 16.4. The summed E-state index contributed by atoms with van der Waals surface area (Å²) < 4.78 is 13.2. The summed E-state index contributed by atoms with van der Waals surface area (Å²) in [5.74, 6) is -0.894. The quantitative estimate of drug-likeness (QED) is 0.781. The average Bonchev–Trinajstić information content (AvgIpc) is 3.00. The average molecular weight is 293 g/mol. The summed E-state index contributed by atoms with van der Waals surface area (Å²) in [5.41, 5.74) is 2.34. The van der Waals surface area contributed by atoms with Gasteiger partial charge in [0.2, 0.25) is 5.13 Å². The number of hydrogen-bond donors (Lipinski definition) is 3. The first-order valence-corrected chi connectivity index (χ1v) is 6.45. The van der Waals surface area contributed by atoms with Crippen LogP contribution < -0.4 is 16.0 Å². The predicted octanol–water partition coefficient (Wildman–Crippen LogP) is 1.49. The van der Waals surface area contributed by atoms with Crippen LogP contribution in [0.2, 0.25) is 0 Å². The Hall–Kier alpha value is -2.55. The van der Waals surface area contributed by atoms with E-state index in [0.717, 1.165) is 11.3 Å². The zero-order chi connectivity index (χ0) is 14.1. The van der Waals surface area contributed by atoms with Gasteiger partial charge in [-0.15, -0.1) is 10.2 Å². The van der Waals surface area contributed by atoms with Crippen molar-refractivity contribution in [3.05, 3.63) is 35.1 Å². The van der Waals surface area contributed by atoms with Gasteiger partial charge in [0.05, 0.1) is 0 Å². The lowest BCUT2D eigenvalue weighted by atomic mass is 10.1. The summed E-state index contributed by atoms with van der Waals surface area (Å²) in [7, 11) is 0. The van der Waals surface area contributed by atoms with E-state index in [1.54, 1.807) is 0 Å². The number of rotatable bonds is 2.